The lowest BCUT2D eigenvalue weighted by atomic mass is 10.0. The largest absolute Gasteiger partial charge is 0.507 e. The second-order valence-corrected chi connectivity index (χ2v) is 4.77. The summed E-state index contributed by atoms with van der Waals surface area (Å²) >= 11 is 0. The maximum absolute atomic E-state index is 9.99. The predicted octanol–water partition coefficient (Wildman–Crippen LogP) is 3.70. The number of phenolic OH excluding ortho intramolecular Hbond substituents is 2. The minimum absolute atomic E-state index is 0.148. The van der Waals surface area contributed by atoms with Gasteiger partial charge in [0, 0.05) is 11.1 Å². The standard InChI is InChI=1S/C18H14N2O2/c21-17-8-4-2-6-14(17)11-19-20-12-16-15-7-3-1-5-13(15)9-10-18(16)22/h1-12,21-22H/b19-11-,20-12+. The maximum atomic E-state index is 9.99. The zero-order chi connectivity index (χ0) is 15.4. The van der Waals surface area contributed by atoms with Crippen molar-refractivity contribution in [3.63, 3.8) is 0 Å². The fourth-order valence-electron chi connectivity index (χ4n) is 2.20. The van der Waals surface area contributed by atoms with Crippen LogP contribution in [0.25, 0.3) is 10.8 Å². The minimum Gasteiger partial charge on any atom is -0.507 e. The second-order valence-electron chi connectivity index (χ2n) is 4.77. The Balaban J connectivity index is 1.90. The van der Waals surface area contributed by atoms with Gasteiger partial charge < -0.3 is 10.2 Å². The van der Waals surface area contributed by atoms with Crippen molar-refractivity contribution in [3.8, 4) is 11.5 Å². The molecule has 0 atom stereocenters. The first-order chi connectivity index (χ1) is 10.8. The molecule has 0 saturated heterocycles. The Morgan fingerprint density at radius 3 is 2.27 bits per heavy atom. The molecule has 3 rings (SSSR count). The van der Waals surface area contributed by atoms with E-state index in [1.165, 1.54) is 12.4 Å². The number of aromatic hydroxyl groups is 2. The van der Waals surface area contributed by atoms with Gasteiger partial charge in [0.1, 0.15) is 11.5 Å². The van der Waals surface area contributed by atoms with E-state index in [9.17, 15) is 10.2 Å². The quantitative estimate of drug-likeness (QED) is 0.570. The van der Waals surface area contributed by atoms with Crippen LogP contribution in [-0.2, 0) is 0 Å². The molecule has 4 heteroatoms. The van der Waals surface area contributed by atoms with Gasteiger partial charge in [-0.1, -0.05) is 42.5 Å². The average molecular weight is 290 g/mol. The van der Waals surface area contributed by atoms with Crippen molar-refractivity contribution < 1.29 is 10.2 Å². The smallest absolute Gasteiger partial charge is 0.125 e. The summed E-state index contributed by atoms with van der Waals surface area (Å²) in [6.45, 7) is 0. The third-order valence-electron chi connectivity index (χ3n) is 3.33. The van der Waals surface area contributed by atoms with E-state index in [0.717, 1.165) is 10.8 Å². The third-order valence-corrected chi connectivity index (χ3v) is 3.33. The highest BCUT2D eigenvalue weighted by molar-refractivity contribution is 6.02. The Hall–Kier alpha value is -3.14. The first-order valence-electron chi connectivity index (χ1n) is 6.81. The molecular formula is C18H14N2O2. The molecule has 108 valence electrons. The molecule has 22 heavy (non-hydrogen) atoms. The number of hydrogen-bond donors (Lipinski definition) is 2. The zero-order valence-electron chi connectivity index (χ0n) is 11.7. The van der Waals surface area contributed by atoms with Gasteiger partial charge in [0.05, 0.1) is 12.4 Å². The van der Waals surface area contributed by atoms with Crippen LogP contribution in [0.5, 0.6) is 11.5 Å². The predicted molar refractivity (Wildman–Crippen MR) is 88.9 cm³/mol. The molecule has 0 spiro atoms. The summed E-state index contributed by atoms with van der Waals surface area (Å²) in [6.07, 6.45) is 2.97. The summed E-state index contributed by atoms with van der Waals surface area (Å²) in [5.41, 5.74) is 1.20. The number of phenols is 2. The van der Waals surface area contributed by atoms with Gasteiger partial charge in [-0.2, -0.15) is 10.2 Å². The van der Waals surface area contributed by atoms with E-state index in [2.05, 4.69) is 10.2 Å². The summed E-state index contributed by atoms with van der Waals surface area (Å²) in [6, 6.07) is 18.1. The molecule has 0 fully saturated rings. The van der Waals surface area contributed by atoms with Crippen molar-refractivity contribution in [3.05, 3.63) is 71.8 Å². The minimum atomic E-state index is 0.148. The molecular weight excluding hydrogens is 276 g/mol. The van der Waals surface area contributed by atoms with Crippen LogP contribution < -0.4 is 0 Å². The molecule has 3 aromatic carbocycles. The van der Waals surface area contributed by atoms with E-state index in [0.29, 0.717) is 11.1 Å². The zero-order valence-corrected chi connectivity index (χ0v) is 11.7. The van der Waals surface area contributed by atoms with E-state index >= 15 is 0 Å². The van der Waals surface area contributed by atoms with Crippen LogP contribution in [0.1, 0.15) is 11.1 Å². The Morgan fingerprint density at radius 2 is 1.41 bits per heavy atom. The molecule has 0 heterocycles. The van der Waals surface area contributed by atoms with E-state index in [1.54, 1.807) is 30.3 Å². The maximum Gasteiger partial charge on any atom is 0.125 e. The molecule has 0 aromatic heterocycles. The summed E-state index contributed by atoms with van der Waals surface area (Å²) in [5.74, 6) is 0.301. The van der Waals surface area contributed by atoms with Gasteiger partial charge >= 0.3 is 0 Å². The van der Waals surface area contributed by atoms with E-state index in [-0.39, 0.29) is 11.5 Å². The highest BCUT2D eigenvalue weighted by Gasteiger charge is 2.03. The fraction of sp³-hybridized carbons (Fsp3) is 0. The Labute approximate surface area is 127 Å². The van der Waals surface area contributed by atoms with Gasteiger partial charge in [0.25, 0.3) is 0 Å². The number of benzene rings is 3. The molecule has 0 saturated carbocycles. The molecule has 0 aliphatic rings. The molecule has 0 bridgehead atoms. The topological polar surface area (TPSA) is 65.2 Å². The summed E-state index contributed by atoms with van der Waals surface area (Å²) < 4.78 is 0. The second kappa shape index (κ2) is 6.10. The van der Waals surface area contributed by atoms with Gasteiger partial charge in [0.2, 0.25) is 0 Å². The normalized spacial score (nSPS) is 11.6. The molecule has 0 aliphatic carbocycles. The lowest BCUT2D eigenvalue weighted by molar-refractivity contribution is 0.474. The average Bonchev–Trinajstić information content (AvgIpc) is 2.55. The van der Waals surface area contributed by atoms with Crippen LogP contribution in [-0.4, -0.2) is 22.6 Å². The SMILES string of the molecule is Oc1ccccc1/C=N\N=C\c1c(O)ccc2ccccc12. The van der Waals surface area contributed by atoms with Crippen LogP contribution in [0.4, 0.5) is 0 Å². The number of nitrogens with zero attached hydrogens (tertiary/aromatic N) is 2. The number of rotatable bonds is 3. The lowest BCUT2D eigenvalue weighted by Gasteiger charge is -2.03. The van der Waals surface area contributed by atoms with Gasteiger partial charge in [-0.25, -0.2) is 0 Å². The van der Waals surface area contributed by atoms with Gasteiger partial charge in [-0.3, -0.25) is 0 Å². The van der Waals surface area contributed by atoms with Gasteiger partial charge in [0.15, 0.2) is 0 Å². The Bertz CT molecular complexity index is 870. The summed E-state index contributed by atoms with van der Waals surface area (Å²) in [4.78, 5) is 0. The number of fused-ring (bicyclic) bond motifs is 1. The van der Waals surface area contributed by atoms with Crippen LogP contribution in [0.15, 0.2) is 70.9 Å². The highest BCUT2D eigenvalue weighted by Crippen LogP contribution is 2.25. The first kappa shape index (κ1) is 13.8. The van der Waals surface area contributed by atoms with Crippen molar-refractivity contribution in [1.29, 1.82) is 0 Å². The van der Waals surface area contributed by atoms with E-state index < -0.39 is 0 Å². The van der Waals surface area contributed by atoms with Crippen molar-refractivity contribution in [2.45, 2.75) is 0 Å². The van der Waals surface area contributed by atoms with Crippen LogP contribution in [0.2, 0.25) is 0 Å². The Morgan fingerprint density at radius 1 is 0.682 bits per heavy atom. The van der Waals surface area contributed by atoms with Gasteiger partial charge in [-0.15, -0.1) is 0 Å². The lowest BCUT2D eigenvalue weighted by Crippen LogP contribution is -1.86. The van der Waals surface area contributed by atoms with Crippen LogP contribution in [0, 0.1) is 0 Å². The molecule has 0 amide bonds. The van der Waals surface area contributed by atoms with Crippen molar-refractivity contribution in [1.82, 2.24) is 0 Å². The molecule has 0 radical (unpaired) electrons. The molecule has 2 N–H and O–H groups in total. The van der Waals surface area contributed by atoms with Crippen molar-refractivity contribution in [2.24, 2.45) is 10.2 Å². The molecule has 4 nitrogen and oxygen atoms in total. The van der Waals surface area contributed by atoms with E-state index in [1.807, 2.05) is 30.3 Å². The fourth-order valence-corrected chi connectivity index (χ4v) is 2.20. The summed E-state index contributed by atoms with van der Waals surface area (Å²) in [7, 11) is 0. The van der Waals surface area contributed by atoms with Gasteiger partial charge in [-0.05, 0) is 29.0 Å². The van der Waals surface area contributed by atoms with Crippen molar-refractivity contribution >= 4 is 23.2 Å². The molecule has 0 unspecified atom stereocenters. The first-order valence-corrected chi connectivity index (χ1v) is 6.81. The number of hydrogen-bond acceptors (Lipinski definition) is 4. The van der Waals surface area contributed by atoms with Crippen molar-refractivity contribution in [2.75, 3.05) is 0 Å². The monoisotopic (exact) mass is 290 g/mol. The summed E-state index contributed by atoms with van der Waals surface area (Å²) in [5, 5.41) is 29.4. The molecule has 3 aromatic rings. The van der Waals surface area contributed by atoms with Crippen LogP contribution in [0.3, 0.4) is 0 Å². The highest BCUT2D eigenvalue weighted by atomic mass is 16.3. The number of para-hydroxylation sites is 1. The molecule has 0 aliphatic heterocycles. The third kappa shape index (κ3) is 2.81. The van der Waals surface area contributed by atoms with E-state index in [4.69, 9.17) is 0 Å². The Kier molecular flexibility index (Phi) is 3.83. The van der Waals surface area contributed by atoms with Crippen LogP contribution >= 0.6 is 0 Å².